The van der Waals surface area contributed by atoms with Crippen molar-refractivity contribution in [2.45, 2.75) is 36.8 Å². The van der Waals surface area contributed by atoms with Crippen molar-refractivity contribution in [3.63, 3.8) is 0 Å². The summed E-state index contributed by atoms with van der Waals surface area (Å²) >= 11 is 0. The molecule has 0 unspecified atom stereocenters. The molecule has 0 spiro atoms. The zero-order valence-electron chi connectivity index (χ0n) is 13.3. The number of sulfonamides is 1. The third kappa shape index (κ3) is 4.10. The predicted molar refractivity (Wildman–Crippen MR) is 86.8 cm³/mol. The lowest BCUT2D eigenvalue weighted by Crippen LogP contribution is -2.43. The Bertz CT molecular complexity index is 751. The first kappa shape index (κ1) is 18.4. The maximum Gasteiger partial charge on any atom is 0.245 e. The van der Waals surface area contributed by atoms with Gasteiger partial charge in [-0.3, -0.25) is 0 Å². The maximum atomic E-state index is 13.7. The van der Waals surface area contributed by atoms with E-state index in [1.54, 1.807) is 0 Å². The number of hydrogen-bond acceptors (Lipinski definition) is 4. The Labute approximate surface area is 137 Å². The number of nitrogens with zero attached hydrogens (tertiary/aromatic N) is 1. The van der Waals surface area contributed by atoms with Crippen LogP contribution in [-0.2, 0) is 19.9 Å². The highest BCUT2D eigenvalue weighted by Gasteiger charge is 2.35. The summed E-state index contributed by atoms with van der Waals surface area (Å²) in [6.45, 7) is 3.88. The Morgan fingerprint density at radius 2 is 1.70 bits per heavy atom. The third-order valence-electron chi connectivity index (χ3n) is 3.93. The van der Waals surface area contributed by atoms with Gasteiger partial charge in [-0.2, -0.15) is 4.31 Å². The molecule has 0 aromatic heterocycles. The van der Waals surface area contributed by atoms with Gasteiger partial charge in [-0.15, -0.1) is 0 Å². The average molecular weight is 363 g/mol. The Hall–Kier alpha value is -0.990. The molecule has 130 valence electrons. The molecule has 0 bridgehead atoms. The van der Waals surface area contributed by atoms with Crippen molar-refractivity contribution in [1.82, 2.24) is 4.31 Å². The number of hydrogen-bond donors (Lipinski definition) is 0. The van der Waals surface area contributed by atoms with Crippen LogP contribution in [-0.4, -0.2) is 45.2 Å². The minimum absolute atomic E-state index is 0.0418. The molecule has 2 rings (SSSR count). The second kappa shape index (κ2) is 6.86. The number of halogens is 1. The van der Waals surface area contributed by atoms with Crippen molar-refractivity contribution in [3.8, 4) is 0 Å². The van der Waals surface area contributed by atoms with Crippen molar-refractivity contribution in [1.29, 1.82) is 0 Å². The van der Waals surface area contributed by atoms with Crippen molar-refractivity contribution >= 4 is 19.9 Å². The Kier molecular flexibility index (Phi) is 5.48. The van der Waals surface area contributed by atoms with Crippen LogP contribution in [0, 0.1) is 11.7 Å². The summed E-state index contributed by atoms with van der Waals surface area (Å²) < 4.78 is 64.4. The fourth-order valence-electron chi connectivity index (χ4n) is 2.83. The first-order valence-electron chi connectivity index (χ1n) is 7.61. The standard InChI is InChI=1S/C15H22FNO4S2/c1-12(2)11-22(18,19)13-7-9-17(10-8-13)23(20,21)15-6-4-3-5-14(15)16/h3-6,12-13H,7-11H2,1-2H3. The van der Waals surface area contributed by atoms with Crippen LogP contribution in [0.25, 0.3) is 0 Å². The zero-order chi connectivity index (χ0) is 17.3. The molecule has 1 saturated heterocycles. The lowest BCUT2D eigenvalue weighted by atomic mass is 10.2. The number of benzene rings is 1. The van der Waals surface area contributed by atoms with Gasteiger partial charge >= 0.3 is 0 Å². The van der Waals surface area contributed by atoms with E-state index in [1.165, 1.54) is 22.5 Å². The first-order chi connectivity index (χ1) is 10.6. The smallest absolute Gasteiger partial charge is 0.229 e. The summed E-state index contributed by atoms with van der Waals surface area (Å²) in [6, 6.07) is 5.23. The molecule has 1 aromatic carbocycles. The lowest BCUT2D eigenvalue weighted by molar-refractivity contribution is 0.343. The van der Waals surface area contributed by atoms with Gasteiger partial charge in [0.1, 0.15) is 10.7 Å². The van der Waals surface area contributed by atoms with Crippen molar-refractivity contribution < 1.29 is 21.2 Å². The van der Waals surface area contributed by atoms with Gasteiger partial charge in [0.15, 0.2) is 9.84 Å². The second-order valence-corrected chi connectivity index (χ2v) is 10.5. The van der Waals surface area contributed by atoms with Crippen molar-refractivity contribution in [2.24, 2.45) is 5.92 Å². The van der Waals surface area contributed by atoms with Crippen LogP contribution < -0.4 is 0 Å². The Morgan fingerprint density at radius 3 is 2.22 bits per heavy atom. The fourth-order valence-corrected chi connectivity index (χ4v) is 6.49. The van der Waals surface area contributed by atoms with Crippen LogP contribution in [0.4, 0.5) is 4.39 Å². The van der Waals surface area contributed by atoms with Gasteiger partial charge in [0, 0.05) is 13.1 Å². The van der Waals surface area contributed by atoms with E-state index >= 15 is 0 Å². The summed E-state index contributed by atoms with van der Waals surface area (Å²) in [7, 11) is -7.14. The molecule has 1 aliphatic heterocycles. The topological polar surface area (TPSA) is 71.5 Å². The molecule has 1 aromatic rings. The highest BCUT2D eigenvalue weighted by molar-refractivity contribution is 7.92. The highest BCUT2D eigenvalue weighted by atomic mass is 32.2. The number of rotatable bonds is 5. The van der Waals surface area contributed by atoms with Gasteiger partial charge in [-0.05, 0) is 30.9 Å². The van der Waals surface area contributed by atoms with Crippen LogP contribution in [0.2, 0.25) is 0 Å². The monoisotopic (exact) mass is 363 g/mol. The molecule has 1 fully saturated rings. The quantitative estimate of drug-likeness (QED) is 0.803. The van der Waals surface area contributed by atoms with Gasteiger partial charge in [0.05, 0.1) is 11.0 Å². The van der Waals surface area contributed by atoms with Crippen molar-refractivity contribution in [2.75, 3.05) is 18.8 Å². The third-order valence-corrected chi connectivity index (χ3v) is 8.48. The molecule has 0 radical (unpaired) electrons. The normalized spacial score (nSPS) is 18.4. The van der Waals surface area contributed by atoms with Crippen LogP contribution >= 0.6 is 0 Å². The molecule has 0 N–H and O–H groups in total. The Morgan fingerprint density at radius 1 is 1.13 bits per heavy atom. The average Bonchev–Trinajstić information content (AvgIpc) is 2.46. The predicted octanol–water partition coefficient (Wildman–Crippen LogP) is 2.05. The molecular weight excluding hydrogens is 341 g/mol. The van der Waals surface area contributed by atoms with E-state index < -0.39 is 30.9 Å². The van der Waals surface area contributed by atoms with Gasteiger partial charge in [-0.1, -0.05) is 26.0 Å². The van der Waals surface area contributed by atoms with Gasteiger partial charge in [-0.25, -0.2) is 21.2 Å². The van der Waals surface area contributed by atoms with E-state index in [4.69, 9.17) is 0 Å². The molecule has 0 atom stereocenters. The van der Waals surface area contributed by atoms with Gasteiger partial charge in [0.2, 0.25) is 10.0 Å². The van der Waals surface area contributed by atoms with E-state index in [9.17, 15) is 21.2 Å². The van der Waals surface area contributed by atoms with Gasteiger partial charge < -0.3 is 0 Å². The van der Waals surface area contributed by atoms with E-state index in [2.05, 4.69) is 0 Å². The molecule has 1 aliphatic rings. The van der Waals surface area contributed by atoms with Crippen molar-refractivity contribution in [3.05, 3.63) is 30.1 Å². The highest BCUT2D eigenvalue weighted by Crippen LogP contribution is 2.26. The molecule has 0 aliphatic carbocycles. The minimum atomic E-state index is -3.92. The lowest BCUT2D eigenvalue weighted by Gasteiger charge is -2.31. The summed E-state index contributed by atoms with van der Waals surface area (Å²) in [6.07, 6.45) is 0.505. The van der Waals surface area contributed by atoms with E-state index in [1.807, 2.05) is 13.8 Å². The number of piperidine rings is 1. The molecule has 0 amide bonds. The summed E-state index contributed by atoms with van der Waals surface area (Å²) in [4.78, 5) is -0.358. The largest absolute Gasteiger partial charge is 0.245 e. The summed E-state index contributed by atoms with van der Waals surface area (Å²) in [5.41, 5.74) is 0. The SMILES string of the molecule is CC(C)CS(=O)(=O)C1CCN(S(=O)(=O)c2ccccc2F)CC1. The van der Waals surface area contributed by atoms with E-state index in [-0.39, 0.29) is 42.5 Å². The molecule has 23 heavy (non-hydrogen) atoms. The molecule has 1 heterocycles. The van der Waals surface area contributed by atoms with E-state index in [0.717, 1.165) is 6.07 Å². The van der Waals surface area contributed by atoms with Crippen LogP contribution in [0.5, 0.6) is 0 Å². The molecule has 5 nitrogen and oxygen atoms in total. The van der Waals surface area contributed by atoms with Gasteiger partial charge in [0.25, 0.3) is 0 Å². The molecular formula is C15H22FNO4S2. The Balaban J connectivity index is 2.12. The van der Waals surface area contributed by atoms with Crippen LogP contribution in [0.3, 0.4) is 0 Å². The number of sulfone groups is 1. The first-order valence-corrected chi connectivity index (χ1v) is 10.8. The molecule has 8 heteroatoms. The van der Waals surface area contributed by atoms with E-state index in [0.29, 0.717) is 0 Å². The fraction of sp³-hybridized carbons (Fsp3) is 0.600. The minimum Gasteiger partial charge on any atom is -0.229 e. The van der Waals surface area contributed by atoms with Crippen LogP contribution in [0.1, 0.15) is 26.7 Å². The maximum absolute atomic E-state index is 13.7. The molecule has 0 saturated carbocycles. The summed E-state index contributed by atoms with van der Waals surface area (Å²) in [5.74, 6) is -0.639. The summed E-state index contributed by atoms with van der Waals surface area (Å²) in [5, 5.41) is -0.517. The van der Waals surface area contributed by atoms with Crippen LogP contribution in [0.15, 0.2) is 29.2 Å². The zero-order valence-corrected chi connectivity index (χ0v) is 14.9. The second-order valence-electron chi connectivity index (χ2n) is 6.26.